The zero-order chi connectivity index (χ0) is 13.7. The predicted octanol–water partition coefficient (Wildman–Crippen LogP) is -0.934. The molecule has 2 amide bonds. The zero-order valence-electron chi connectivity index (χ0n) is 9.84. The Kier molecular flexibility index (Phi) is 4.60. The number of nitrogens with two attached hydrogens (primary N) is 2. The van der Waals surface area contributed by atoms with E-state index >= 15 is 0 Å². The van der Waals surface area contributed by atoms with Crippen LogP contribution < -0.4 is 16.8 Å². The first kappa shape index (κ1) is 13.9. The number of carbonyl (C=O) groups excluding carboxylic acids is 2. The monoisotopic (exact) mass is 271 g/mol. The van der Waals surface area contributed by atoms with E-state index in [0.29, 0.717) is 5.13 Å². The Bertz CT molecular complexity index is 484. The smallest absolute Gasteiger partial charge is 0.276 e. The Morgan fingerprint density at radius 2 is 2.28 bits per heavy atom. The molecule has 18 heavy (non-hydrogen) atoms. The summed E-state index contributed by atoms with van der Waals surface area (Å²) in [5, 5.41) is 7.79. The number of aromatic nitrogens is 1. The van der Waals surface area contributed by atoms with Gasteiger partial charge in [0, 0.05) is 5.38 Å². The van der Waals surface area contributed by atoms with Crippen LogP contribution in [0.1, 0.15) is 12.6 Å². The molecule has 0 unspecified atom stereocenters. The number of oxime groups is 1. The largest absolute Gasteiger partial charge is 0.398 e. The van der Waals surface area contributed by atoms with Crippen LogP contribution in [0.25, 0.3) is 0 Å². The van der Waals surface area contributed by atoms with Crippen molar-refractivity contribution in [1.82, 2.24) is 10.3 Å². The minimum Gasteiger partial charge on any atom is -0.398 e. The van der Waals surface area contributed by atoms with Crippen LogP contribution >= 0.6 is 11.3 Å². The highest BCUT2D eigenvalue weighted by Crippen LogP contribution is 2.12. The summed E-state index contributed by atoms with van der Waals surface area (Å²) >= 11 is 1.16. The second kappa shape index (κ2) is 5.96. The second-order valence-corrected chi connectivity index (χ2v) is 4.18. The highest BCUT2D eigenvalue weighted by atomic mass is 32.1. The molecule has 0 saturated carbocycles. The maximum absolute atomic E-state index is 11.9. The van der Waals surface area contributed by atoms with Crippen LogP contribution in [0, 0.1) is 0 Å². The van der Waals surface area contributed by atoms with Crippen LogP contribution in [0.2, 0.25) is 0 Å². The average molecular weight is 271 g/mol. The highest BCUT2D eigenvalue weighted by molar-refractivity contribution is 7.13. The van der Waals surface area contributed by atoms with Crippen molar-refractivity contribution >= 4 is 34.0 Å². The van der Waals surface area contributed by atoms with Crippen molar-refractivity contribution in [3.63, 3.8) is 0 Å². The van der Waals surface area contributed by atoms with Gasteiger partial charge in [0.05, 0.1) is 0 Å². The van der Waals surface area contributed by atoms with Gasteiger partial charge in [0.15, 0.2) is 10.8 Å². The van der Waals surface area contributed by atoms with Crippen molar-refractivity contribution in [3.8, 4) is 0 Å². The van der Waals surface area contributed by atoms with Crippen LogP contribution in [0.3, 0.4) is 0 Å². The van der Waals surface area contributed by atoms with Gasteiger partial charge >= 0.3 is 0 Å². The molecular formula is C9H13N5O3S. The zero-order valence-corrected chi connectivity index (χ0v) is 10.7. The molecule has 5 N–H and O–H groups in total. The normalized spacial score (nSPS) is 12.9. The van der Waals surface area contributed by atoms with E-state index in [4.69, 9.17) is 11.5 Å². The van der Waals surface area contributed by atoms with Gasteiger partial charge in [0.2, 0.25) is 5.91 Å². The number of nitrogen functional groups attached to an aromatic ring is 1. The van der Waals surface area contributed by atoms with Gasteiger partial charge < -0.3 is 21.6 Å². The number of amides is 2. The van der Waals surface area contributed by atoms with Gasteiger partial charge in [-0.05, 0) is 6.92 Å². The van der Waals surface area contributed by atoms with Crippen molar-refractivity contribution in [2.75, 3.05) is 12.8 Å². The Balaban J connectivity index is 2.90. The fraction of sp³-hybridized carbons (Fsp3) is 0.333. The van der Waals surface area contributed by atoms with Crippen molar-refractivity contribution in [2.24, 2.45) is 10.9 Å². The van der Waals surface area contributed by atoms with Crippen molar-refractivity contribution in [3.05, 3.63) is 11.1 Å². The molecule has 1 aromatic heterocycles. The van der Waals surface area contributed by atoms with Crippen LogP contribution in [0.5, 0.6) is 0 Å². The third-order valence-electron chi connectivity index (χ3n) is 1.94. The Labute approximate surface area is 107 Å². The number of thiazole rings is 1. The van der Waals surface area contributed by atoms with E-state index < -0.39 is 17.9 Å². The topological polar surface area (TPSA) is 133 Å². The Morgan fingerprint density at radius 3 is 2.72 bits per heavy atom. The maximum Gasteiger partial charge on any atom is 0.276 e. The molecule has 0 aliphatic rings. The van der Waals surface area contributed by atoms with Gasteiger partial charge in [-0.15, -0.1) is 11.3 Å². The maximum atomic E-state index is 11.9. The summed E-state index contributed by atoms with van der Waals surface area (Å²) in [6.45, 7) is 1.46. The average Bonchev–Trinajstić information content (AvgIpc) is 2.72. The van der Waals surface area contributed by atoms with Crippen LogP contribution in [-0.2, 0) is 14.4 Å². The number of carbonyl (C=O) groups is 2. The molecule has 1 aromatic rings. The SMILES string of the molecule is CON=C(C(=O)N[C@H](C)C(N)=O)c1csc(N)n1. The summed E-state index contributed by atoms with van der Waals surface area (Å²) in [5.74, 6) is -1.27. The lowest BCUT2D eigenvalue weighted by Crippen LogP contribution is -2.45. The molecule has 0 fully saturated rings. The number of hydrogen-bond acceptors (Lipinski definition) is 7. The number of anilines is 1. The van der Waals surface area contributed by atoms with E-state index in [1.54, 1.807) is 5.38 Å². The van der Waals surface area contributed by atoms with Gasteiger partial charge in [-0.25, -0.2) is 4.98 Å². The first-order valence-corrected chi connectivity index (χ1v) is 5.76. The van der Waals surface area contributed by atoms with Crippen molar-refractivity contribution in [2.45, 2.75) is 13.0 Å². The molecule has 0 aromatic carbocycles. The molecular weight excluding hydrogens is 258 g/mol. The fourth-order valence-electron chi connectivity index (χ4n) is 1.03. The summed E-state index contributed by atoms with van der Waals surface area (Å²) < 4.78 is 0. The quantitative estimate of drug-likeness (QED) is 0.470. The van der Waals surface area contributed by atoms with Crippen LogP contribution in [0.4, 0.5) is 5.13 Å². The van der Waals surface area contributed by atoms with Crippen LogP contribution in [-0.4, -0.2) is 35.7 Å². The molecule has 98 valence electrons. The fourth-order valence-corrected chi connectivity index (χ4v) is 1.58. The predicted molar refractivity (Wildman–Crippen MR) is 66.9 cm³/mol. The van der Waals surface area contributed by atoms with Gasteiger partial charge in [0.1, 0.15) is 18.8 Å². The van der Waals surface area contributed by atoms with Gasteiger partial charge in [-0.2, -0.15) is 0 Å². The van der Waals surface area contributed by atoms with E-state index in [2.05, 4.69) is 20.3 Å². The van der Waals surface area contributed by atoms with E-state index in [0.717, 1.165) is 11.3 Å². The van der Waals surface area contributed by atoms with Crippen LogP contribution in [0.15, 0.2) is 10.5 Å². The summed E-state index contributed by atoms with van der Waals surface area (Å²) in [4.78, 5) is 31.2. The molecule has 0 radical (unpaired) electrons. The first-order chi connectivity index (χ1) is 8.45. The summed E-state index contributed by atoms with van der Waals surface area (Å²) in [6, 6.07) is -0.824. The molecule has 9 heteroatoms. The number of rotatable bonds is 5. The number of nitrogens with zero attached hydrogens (tertiary/aromatic N) is 2. The molecule has 8 nitrogen and oxygen atoms in total. The van der Waals surface area contributed by atoms with Gasteiger partial charge in [-0.1, -0.05) is 5.16 Å². The highest BCUT2D eigenvalue weighted by Gasteiger charge is 2.21. The van der Waals surface area contributed by atoms with Crippen molar-refractivity contribution in [1.29, 1.82) is 0 Å². The third-order valence-corrected chi connectivity index (χ3v) is 2.61. The minimum absolute atomic E-state index is 0.0708. The number of hydrogen-bond donors (Lipinski definition) is 3. The third kappa shape index (κ3) is 3.42. The summed E-state index contributed by atoms with van der Waals surface area (Å²) in [7, 11) is 1.29. The standard InChI is InChI=1S/C9H13N5O3S/c1-4(7(10)15)12-8(16)6(14-17-2)5-3-18-9(11)13-5/h3-4H,1-2H3,(H2,10,15)(H2,11,13)(H,12,16)/t4-/m1/s1. The Hall–Kier alpha value is -2.16. The van der Waals surface area contributed by atoms with E-state index in [1.807, 2.05) is 0 Å². The lowest BCUT2D eigenvalue weighted by atomic mass is 10.2. The molecule has 1 rings (SSSR count). The first-order valence-electron chi connectivity index (χ1n) is 4.88. The molecule has 1 atom stereocenters. The minimum atomic E-state index is -0.824. The molecule has 1 heterocycles. The van der Waals surface area contributed by atoms with Crippen molar-refractivity contribution < 1.29 is 14.4 Å². The van der Waals surface area contributed by atoms with Gasteiger partial charge in [-0.3, -0.25) is 9.59 Å². The summed E-state index contributed by atoms with van der Waals surface area (Å²) in [5.41, 5.74) is 10.7. The van der Waals surface area contributed by atoms with Gasteiger partial charge in [0.25, 0.3) is 5.91 Å². The van der Waals surface area contributed by atoms with E-state index in [1.165, 1.54) is 14.0 Å². The van der Waals surface area contributed by atoms with E-state index in [9.17, 15) is 9.59 Å². The lowest BCUT2D eigenvalue weighted by Gasteiger charge is -2.10. The molecule has 0 bridgehead atoms. The van der Waals surface area contributed by atoms with E-state index in [-0.39, 0.29) is 11.4 Å². The number of primary amides is 1. The molecule has 0 saturated heterocycles. The number of nitrogens with one attached hydrogen (secondary N) is 1. The molecule has 0 aliphatic heterocycles. The molecule has 0 spiro atoms. The second-order valence-electron chi connectivity index (χ2n) is 3.29. The Morgan fingerprint density at radius 1 is 1.61 bits per heavy atom. The summed E-state index contributed by atoms with van der Waals surface area (Å²) in [6.07, 6.45) is 0. The lowest BCUT2D eigenvalue weighted by molar-refractivity contribution is -0.123. The molecule has 0 aliphatic carbocycles.